The molecule has 136 valence electrons. The number of methoxy groups -OCH3 is 1. The first-order chi connectivity index (χ1) is 12.6. The van der Waals surface area contributed by atoms with Crippen LogP contribution >= 0.6 is 0 Å². The monoisotopic (exact) mass is 354 g/mol. The van der Waals surface area contributed by atoms with Gasteiger partial charge in [-0.1, -0.05) is 18.2 Å². The summed E-state index contributed by atoms with van der Waals surface area (Å²) < 4.78 is 5.14. The van der Waals surface area contributed by atoms with E-state index in [1.165, 1.54) is 7.11 Å². The maximum atomic E-state index is 13.4. The van der Waals surface area contributed by atoms with Crippen LogP contribution in [0.3, 0.4) is 0 Å². The highest BCUT2D eigenvalue weighted by Crippen LogP contribution is 2.35. The Hall–Kier alpha value is -2.47. The summed E-state index contributed by atoms with van der Waals surface area (Å²) in [7, 11) is 1.50. The average Bonchev–Trinajstić information content (AvgIpc) is 3.27. The number of nitrogens with zero attached hydrogens (tertiary/aromatic N) is 2. The highest BCUT2D eigenvalue weighted by Gasteiger charge is 2.47. The van der Waals surface area contributed by atoms with Gasteiger partial charge in [0.2, 0.25) is 0 Å². The van der Waals surface area contributed by atoms with Gasteiger partial charge in [0.1, 0.15) is 5.41 Å². The third kappa shape index (κ3) is 2.56. The molecule has 1 amide bonds. The van der Waals surface area contributed by atoms with E-state index in [2.05, 4.69) is 0 Å². The van der Waals surface area contributed by atoms with Crippen molar-refractivity contribution in [1.82, 2.24) is 9.88 Å². The fraction of sp³-hybridized carbons (Fsp3) is 0.450. The summed E-state index contributed by atoms with van der Waals surface area (Å²) in [5.41, 5.74) is 2.57. The Labute approximate surface area is 151 Å². The SMILES string of the molecule is COCC1(C(=O)O)CCN(C(=O)c2c3c(nc4ccccc24)CCC3)C1. The van der Waals surface area contributed by atoms with Crippen molar-refractivity contribution in [3.8, 4) is 0 Å². The Morgan fingerprint density at radius 3 is 2.88 bits per heavy atom. The summed E-state index contributed by atoms with van der Waals surface area (Å²) in [6.07, 6.45) is 3.15. The molecule has 6 nitrogen and oxygen atoms in total. The largest absolute Gasteiger partial charge is 0.481 e. The predicted molar refractivity (Wildman–Crippen MR) is 96.2 cm³/mol. The number of amides is 1. The predicted octanol–water partition coefficient (Wildman–Crippen LogP) is 2.29. The molecule has 1 aromatic heterocycles. The number of carboxylic acid groups (broad SMARTS) is 1. The molecule has 1 saturated heterocycles. The molecule has 6 heteroatoms. The number of ether oxygens (including phenoxy) is 1. The van der Waals surface area contributed by atoms with Crippen molar-refractivity contribution in [3.63, 3.8) is 0 Å². The normalized spacial score (nSPS) is 22.0. The van der Waals surface area contributed by atoms with Crippen LogP contribution in [-0.4, -0.2) is 53.7 Å². The van der Waals surface area contributed by atoms with Crippen molar-refractivity contribution in [2.24, 2.45) is 5.41 Å². The van der Waals surface area contributed by atoms with Crippen LogP contribution in [0.4, 0.5) is 0 Å². The van der Waals surface area contributed by atoms with E-state index < -0.39 is 11.4 Å². The molecule has 0 saturated carbocycles. The molecule has 2 heterocycles. The average molecular weight is 354 g/mol. The summed E-state index contributed by atoms with van der Waals surface area (Å²) in [4.78, 5) is 31.6. The summed E-state index contributed by atoms with van der Waals surface area (Å²) in [5.74, 6) is -0.986. The molecule has 1 N–H and O–H groups in total. The van der Waals surface area contributed by atoms with E-state index in [1.54, 1.807) is 4.90 Å². The number of rotatable bonds is 4. The number of carbonyl (C=O) groups excluding carboxylic acids is 1. The van der Waals surface area contributed by atoms with Crippen molar-refractivity contribution in [2.45, 2.75) is 25.7 Å². The number of carbonyl (C=O) groups is 2. The minimum Gasteiger partial charge on any atom is -0.481 e. The smallest absolute Gasteiger partial charge is 0.313 e. The molecule has 1 fully saturated rings. The maximum Gasteiger partial charge on any atom is 0.313 e. The highest BCUT2D eigenvalue weighted by atomic mass is 16.5. The molecule has 2 aromatic rings. The molecule has 1 aliphatic heterocycles. The van der Waals surface area contributed by atoms with E-state index in [4.69, 9.17) is 9.72 Å². The van der Waals surface area contributed by atoms with Crippen molar-refractivity contribution in [2.75, 3.05) is 26.8 Å². The van der Waals surface area contributed by atoms with E-state index in [-0.39, 0.29) is 19.1 Å². The van der Waals surface area contributed by atoms with Crippen molar-refractivity contribution >= 4 is 22.8 Å². The standard InChI is InChI=1S/C20H22N2O4/c1-26-12-20(19(24)25)9-10-22(11-20)18(23)17-13-5-2-3-7-15(13)21-16-8-4-6-14(16)17/h2-3,5,7H,4,6,8-12H2,1H3,(H,24,25). The van der Waals surface area contributed by atoms with Gasteiger partial charge >= 0.3 is 5.97 Å². The Bertz CT molecular complexity index is 895. The van der Waals surface area contributed by atoms with Gasteiger partial charge in [-0.3, -0.25) is 14.6 Å². The van der Waals surface area contributed by atoms with Crippen LogP contribution in [0.1, 0.15) is 34.5 Å². The third-order valence-electron chi connectivity index (χ3n) is 5.65. The number of hydrogen-bond acceptors (Lipinski definition) is 4. The van der Waals surface area contributed by atoms with Gasteiger partial charge in [0.05, 0.1) is 17.7 Å². The molecule has 4 rings (SSSR count). The van der Waals surface area contributed by atoms with Crippen LogP contribution in [0.25, 0.3) is 10.9 Å². The Morgan fingerprint density at radius 2 is 2.12 bits per heavy atom. The van der Waals surface area contributed by atoms with Crippen LogP contribution in [0.2, 0.25) is 0 Å². The number of para-hydroxylation sites is 1. The van der Waals surface area contributed by atoms with Gasteiger partial charge < -0.3 is 14.7 Å². The van der Waals surface area contributed by atoms with Gasteiger partial charge in [-0.15, -0.1) is 0 Å². The van der Waals surface area contributed by atoms with E-state index in [0.717, 1.165) is 41.4 Å². The first kappa shape index (κ1) is 17.0. The summed E-state index contributed by atoms with van der Waals surface area (Å²) in [6, 6.07) is 7.71. The van der Waals surface area contributed by atoms with E-state index in [9.17, 15) is 14.7 Å². The first-order valence-electron chi connectivity index (χ1n) is 8.98. The lowest BCUT2D eigenvalue weighted by atomic mass is 9.88. The minimum absolute atomic E-state index is 0.0824. The summed E-state index contributed by atoms with van der Waals surface area (Å²) >= 11 is 0. The lowest BCUT2D eigenvalue weighted by molar-refractivity contribution is -0.151. The number of fused-ring (bicyclic) bond motifs is 2. The quantitative estimate of drug-likeness (QED) is 0.911. The topological polar surface area (TPSA) is 79.7 Å². The van der Waals surface area contributed by atoms with Gasteiger partial charge in [0.25, 0.3) is 5.91 Å². The van der Waals surface area contributed by atoms with Crippen LogP contribution in [0.5, 0.6) is 0 Å². The Kier molecular flexibility index (Phi) is 4.15. The van der Waals surface area contributed by atoms with Crippen LogP contribution < -0.4 is 0 Å². The highest BCUT2D eigenvalue weighted by molar-refractivity contribution is 6.08. The fourth-order valence-electron chi connectivity index (χ4n) is 4.29. The van der Waals surface area contributed by atoms with Crippen LogP contribution in [-0.2, 0) is 22.4 Å². The first-order valence-corrected chi connectivity index (χ1v) is 8.98. The molecule has 0 spiro atoms. The lowest BCUT2D eigenvalue weighted by Gasteiger charge is -2.24. The molecule has 0 bridgehead atoms. The van der Waals surface area contributed by atoms with Gasteiger partial charge in [-0.25, -0.2) is 0 Å². The number of aryl methyl sites for hydroxylation is 1. The van der Waals surface area contributed by atoms with Crippen molar-refractivity contribution in [3.05, 3.63) is 41.1 Å². The molecule has 0 radical (unpaired) electrons. The number of likely N-dealkylation sites (tertiary alicyclic amines) is 1. The number of aromatic nitrogens is 1. The molecule has 1 unspecified atom stereocenters. The van der Waals surface area contributed by atoms with Crippen LogP contribution in [0.15, 0.2) is 24.3 Å². The molecule has 1 aromatic carbocycles. The Morgan fingerprint density at radius 1 is 1.31 bits per heavy atom. The summed E-state index contributed by atoms with van der Waals surface area (Å²) in [5, 5.41) is 10.5. The minimum atomic E-state index is -1.02. The molecular weight excluding hydrogens is 332 g/mol. The Balaban J connectivity index is 1.75. The number of hydrogen-bond donors (Lipinski definition) is 1. The molecular formula is C20H22N2O4. The zero-order valence-electron chi connectivity index (χ0n) is 14.8. The zero-order chi connectivity index (χ0) is 18.3. The second kappa shape index (κ2) is 6.36. The summed E-state index contributed by atoms with van der Waals surface area (Å²) in [6.45, 7) is 0.724. The van der Waals surface area contributed by atoms with E-state index >= 15 is 0 Å². The molecule has 1 aliphatic carbocycles. The molecule has 26 heavy (non-hydrogen) atoms. The number of aliphatic carboxylic acids is 1. The molecule has 1 atom stereocenters. The zero-order valence-corrected chi connectivity index (χ0v) is 14.8. The maximum absolute atomic E-state index is 13.4. The number of pyridine rings is 1. The second-order valence-corrected chi connectivity index (χ2v) is 7.28. The molecule has 2 aliphatic rings. The van der Waals surface area contributed by atoms with Crippen molar-refractivity contribution in [1.29, 1.82) is 0 Å². The van der Waals surface area contributed by atoms with Gasteiger partial charge in [-0.05, 0) is 37.3 Å². The third-order valence-corrected chi connectivity index (χ3v) is 5.65. The van der Waals surface area contributed by atoms with Gasteiger partial charge in [0.15, 0.2) is 0 Å². The van der Waals surface area contributed by atoms with Gasteiger partial charge in [0, 0.05) is 31.3 Å². The van der Waals surface area contributed by atoms with E-state index in [0.29, 0.717) is 18.5 Å². The second-order valence-electron chi connectivity index (χ2n) is 7.28. The van der Waals surface area contributed by atoms with Crippen molar-refractivity contribution < 1.29 is 19.4 Å². The van der Waals surface area contributed by atoms with Gasteiger partial charge in [-0.2, -0.15) is 0 Å². The van der Waals surface area contributed by atoms with E-state index in [1.807, 2.05) is 24.3 Å². The lowest BCUT2D eigenvalue weighted by Crippen LogP contribution is -2.40. The van der Waals surface area contributed by atoms with Crippen LogP contribution in [0, 0.1) is 5.41 Å². The fourth-order valence-corrected chi connectivity index (χ4v) is 4.29. The number of benzene rings is 1. The number of carboxylic acids is 1.